The molecule has 133 valence electrons. The van der Waals surface area contributed by atoms with Gasteiger partial charge in [-0.15, -0.1) is 0 Å². The van der Waals surface area contributed by atoms with Crippen molar-refractivity contribution in [3.8, 4) is 5.75 Å². The van der Waals surface area contributed by atoms with Gasteiger partial charge in [0.2, 0.25) is 0 Å². The van der Waals surface area contributed by atoms with Crippen molar-refractivity contribution in [1.82, 2.24) is 0 Å². The molecule has 0 N–H and O–H groups in total. The smallest absolute Gasteiger partial charge is 0.362 e. The zero-order valence-corrected chi connectivity index (χ0v) is 18.0. The van der Waals surface area contributed by atoms with Crippen LogP contribution in [0.15, 0.2) is 30.3 Å². The first-order valence-electron chi connectivity index (χ1n) is 8.78. The Morgan fingerprint density at radius 3 is 1.83 bits per heavy atom. The molecule has 0 aromatic heterocycles. The SMILES string of the molecule is CCCCCCCCCCCCOS(=O)(=O)Oc1ccccc1.[Na]. The molecule has 0 aliphatic rings. The fourth-order valence-electron chi connectivity index (χ4n) is 2.37. The van der Waals surface area contributed by atoms with E-state index in [0.29, 0.717) is 0 Å². The molecule has 1 aromatic rings. The first-order valence-corrected chi connectivity index (χ1v) is 10.1. The standard InChI is InChI=1S/C18H30O4S.Na/c1-2-3-4-5-6-7-8-9-10-14-17-21-23(19,20)22-18-15-12-11-13-16-18;/h11-13,15-16H,2-10,14,17H2,1H3;. The summed E-state index contributed by atoms with van der Waals surface area (Å²) in [6.45, 7) is 2.42. The molecule has 0 spiro atoms. The third-order valence-corrected chi connectivity index (χ3v) is 4.52. The van der Waals surface area contributed by atoms with Crippen molar-refractivity contribution in [3.63, 3.8) is 0 Å². The minimum absolute atomic E-state index is 0. The molecule has 1 aromatic carbocycles. The van der Waals surface area contributed by atoms with Crippen molar-refractivity contribution >= 4 is 40.0 Å². The second-order valence-corrected chi connectivity index (χ2v) is 7.03. The van der Waals surface area contributed by atoms with Crippen molar-refractivity contribution in [1.29, 1.82) is 0 Å². The zero-order valence-electron chi connectivity index (χ0n) is 15.2. The van der Waals surface area contributed by atoms with Crippen LogP contribution in [0.5, 0.6) is 5.75 Å². The van der Waals surface area contributed by atoms with E-state index in [4.69, 9.17) is 8.37 Å². The Hall–Kier alpha value is -0.0700. The van der Waals surface area contributed by atoms with Crippen LogP contribution in [0.1, 0.15) is 71.1 Å². The van der Waals surface area contributed by atoms with Crippen molar-refractivity contribution < 1.29 is 16.8 Å². The van der Waals surface area contributed by atoms with Gasteiger partial charge in [0.25, 0.3) is 0 Å². The first-order chi connectivity index (χ1) is 11.1. The molecule has 0 amide bonds. The van der Waals surface area contributed by atoms with E-state index in [0.717, 1.165) is 19.3 Å². The summed E-state index contributed by atoms with van der Waals surface area (Å²) in [5, 5.41) is 0. The van der Waals surface area contributed by atoms with Gasteiger partial charge < -0.3 is 4.18 Å². The Kier molecular flexibility index (Phi) is 15.2. The third-order valence-electron chi connectivity index (χ3n) is 3.67. The maximum atomic E-state index is 11.6. The summed E-state index contributed by atoms with van der Waals surface area (Å²) in [5.74, 6) is 0.274. The van der Waals surface area contributed by atoms with Gasteiger partial charge in [0, 0.05) is 29.6 Å². The van der Waals surface area contributed by atoms with E-state index in [9.17, 15) is 8.42 Å². The predicted octanol–water partition coefficient (Wildman–Crippen LogP) is 4.87. The molecule has 0 saturated carbocycles. The minimum atomic E-state index is -3.94. The minimum Gasteiger partial charge on any atom is -0.362 e. The first kappa shape index (κ1) is 23.9. The summed E-state index contributed by atoms with van der Waals surface area (Å²) in [6.07, 6.45) is 12.0. The molecule has 0 aliphatic carbocycles. The van der Waals surface area contributed by atoms with E-state index in [1.807, 2.05) is 0 Å². The molecule has 0 aliphatic heterocycles. The van der Waals surface area contributed by atoms with Crippen molar-refractivity contribution in [2.75, 3.05) is 6.61 Å². The average Bonchev–Trinajstić information content (AvgIpc) is 2.53. The van der Waals surface area contributed by atoms with E-state index in [2.05, 4.69) is 6.92 Å². The molecule has 0 atom stereocenters. The van der Waals surface area contributed by atoms with Crippen LogP contribution in [0.2, 0.25) is 0 Å². The van der Waals surface area contributed by atoms with E-state index < -0.39 is 10.4 Å². The number of rotatable bonds is 14. The molecular formula is C18H30NaO4S. The van der Waals surface area contributed by atoms with Gasteiger partial charge in [-0.2, -0.15) is 8.42 Å². The molecule has 1 rings (SSSR count). The second kappa shape index (κ2) is 15.2. The van der Waals surface area contributed by atoms with Crippen molar-refractivity contribution in [3.05, 3.63) is 30.3 Å². The Bertz CT molecular complexity index is 491. The van der Waals surface area contributed by atoms with E-state index in [1.54, 1.807) is 30.3 Å². The van der Waals surface area contributed by atoms with Gasteiger partial charge in [-0.3, -0.25) is 0 Å². The third kappa shape index (κ3) is 13.2. The Morgan fingerprint density at radius 2 is 1.29 bits per heavy atom. The van der Waals surface area contributed by atoms with Crippen LogP contribution in [-0.2, 0) is 14.6 Å². The summed E-state index contributed by atoms with van der Waals surface area (Å²) in [6, 6.07) is 8.40. The van der Waals surface area contributed by atoms with Gasteiger partial charge >= 0.3 is 10.4 Å². The average molecular weight is 365 g/mol. The van der Waals surface area contributed by atoms with Gasteiger partial charge in [-0.25, -0.2) is 4.18 Å². The summed E-state index contributed by atoms with van der Waals surface area (Å²) in [5.41, 5.74) is 0. The number of hydrogen-bond donors (Lipinski definition) is 0. The summed E-state index contributed by atoms with van der Waals surface area (Å²) in [4.78, 5) is 0. The van der Waals surface area contributed by atoms with Crippen LogP contribution in [0.25, 0.3) is 0 Å². The van der Waals surface area contributed by atoms with E-state index in [-0.39, 0.29) is 41.9 Å². The van der Waals surface area contributed by atoms with Crippen molar-refractivity contribution in [2.45, 2.75) is 71.1 Å². The monoisotopic (exact) mass is 365 g/mol. The number of para-hydroxylation sites is 1. The zero-order chi connectivity index (χ0) is 16.8. The van der Waals surface area contributed by atoms with E-state index >= 15 is 0 Å². The largest absolute Gasteiger partial charge is 0.449 e. The molecule has 0 saturated heterocycles. The fourth-order valence-corrected chi connectivity index (χ4v) is 3.09. The predicted molar refractivity (Wildman–Crippen MR) is 99.5 cm³/mol. The maximum Gasteiger partial charge on any atom is 0.449 e. The van der Waals surface area contributed by atoms with Gasteiger partial charge in [0.15, 0.2) is 0 Å². The quantitative estimate of drug-likeness (QED) is 0.349. The van der Waals surface area contributed by atoms with Gasteiger partial charge in [0.1, 0.15) is 5.75 Å². The topological polar surface area (TPSA) is 52.6 Å². The molecule has 0 fully saturated rings. The molecule has 24 heavy (non-hydrogen) atoms. The molecule has 0 bridgehead atoms. The Morgan fingerprint density at radius 1 is 0.792 bits per heavy atom. The van der Waals surface area contributed by atoms with Crippen LogP contribution in [0.3, 0.4) is 0 Å². The van der Waals surface area contributed by atoms with Crippen molar-refractivity contribution in [2.24, 2.45) is 0 Å². The normalized spacial score (nSPS) is 11.0. The second-order valence-electron chi connectivity index (χ2n) is 5.81. The summed E-state index contributed by atoms with van der Waals surface area (Å²) < 4.78 is 32.9. The van der Waals surface area contributed by atoms with E-state index in [1.165, 1.54) is 44.9 Å². The number of benzene rings is 1. The van der Waals surface area contributed by atoms with Crippen LogP contribution in [0, 0.1) is 0 Å². The van der Waals surface area contributed by atoms with Crippen LogP contribution >= 0.6 is 0 Å². The molecule has 0 unspecified atom stereocenters. The van der Waals surface area contributed by atoms with Crippen LogP contribution in [0.4, 0.5) is 0 Å². The van der Waals surface area contributed by atoms with Gasteiger partial charge in [-0.05, 0) is 18.6 Å². The summed E-state index contributed by atoms with van der Waals surface area (Å²) >= 11 is 0. The van der Waals surface area contributed by atoms with Crippen LogP contribution < -0.4 is 4.18 Å². The summed E-state index contributed by atoms with van der Waals surface area (Å²) in [7, 11) is -3.94. The molecule has 6 heteroatoms. The van der Waals surface area contributed by atoms with Gasteiger partial charge in [0.05, 0.1) is 6.61 Å². The number of unbranched alkanes of at least 4 members (excludes halogenated alkanes) is 9. The molecular weight excluding hydrogens is 335 g/mol. The number of hydrogen-bond acceptors (Lipinski definition) is 4. The molecule has 4 nitrogen and oxygen atoms in total. The Labute approximate surface area is 169 Å². The molecule has 0 heterocycles. The Balaban J connectivity index is 0.00000529. The van der Waals surface area contributed by atoms with Gasteiger partial charge in [-0.1, -0.05) is 82.9 Å². The van der Waals surface area contributed by atoms with Crippen LogP contribution in [-0.4, -0.2) is 44.6 Å². The maximum absolute atomic E-state index is 11.6. The fraction of sp³-hybridized carbons (Fsp3) is 0.667. The molecule has 1 radical (unpaired) electrons.